The molecule has 116 valence electrons. The first-order chi connectivity index (χ1) is 10.2. The van der Waals surface area contributed by atoms with Crippen LogP contribution in [0.1, 0.15) is 55.8 Å². The summed E-state index contributed by atoms with van der Waals surface area (Å²) in [5.41, 5.74) is 1.13. The summed E-state index contributed by atoms with van der Waals surface area (Å²) in [5.74, 6) is 3.58. The van der Waals surface area contributed by atoms with Crippen LogP contribution in [-0.2, 0) is 0 Å². The number of anilines is 2. The summed E-state index contributed by atoms with van der Waals surface area (Å²) in [7, 11) is 1.93. The zero-order valence-corrected chi connectivity index (χ0v) is 13.1. The fourth-order valence-electron chi connectivity index (χ4n) is 3.30. The summed E-state index contributed by atoms with van der Waals surface area (Å²) in [5, 5.41) is 12.6. The van der Waals surface area contributed by atoms with Crippen LogP contribution in [0.2, 0.25) is 0 Å². The maximum absolute atomic E-state index is 9.33. The number of nitrogens with zero attached hydrogens (tertiary/aromatic N) is 3. The van der Waals surface area contributed by atoms with E-state index in [4.69, 9.17) is 4.98 Å². The van der Waals surface area contributed by atoms with Gasteiger partial charge in [0.25, 0.3) is 0 Å². The van der Waals surface area contributed by atoms with Crippen LogP contribution >= 0.6 is 0 Å². The third-order valence-corrected chi connectivity index (χ3v) is 4.68. The predicted molar refractivity (Wildman–Crippen MR) is 85.0 cm³/mol. The van der Waals surface area contributed by atoms with E-state index in [2.05, 4.69) is 22.1 Å². The molecular weight excluding hydrogens is 264 g/mol. The van der Waals surface area contributed by atoms with E-state index >= 15 is 0 Å². The molecule has 1 saturated heterocycles. The molecule has 0 amide bonds. The number of aliphatic hydroxyl groups excluding tert-OH is 1. The molecule has 0 aromatic carbocycles. The quantitative estimate of drug-likeness (QED) is 0.872. The number of hydrogen-bond donors (Lipinski definition) is 2. The van der Waals surface area contributed by atoms with Crippen molar-refractivity contribution in [1.82, 2.24) is 9.97 Å². The van der Waals surface area contributed by atoms with Crippen molar-refractivity contribution in [3.05, 3.63) is 11.4 Å². The van der Waals surface area contributed by atoms with Crippen molar-refractivity contribution in [3.63, 3.8) is 0 Å². The molecule has 2 heterocycles. The second kappa shape index (κ2) is 6.18. The molecule has 3 rings (SSSR count). The Morgan fingerprint density at radius 2 is 2.05 bits per heavy atom. The monoisotopic (exact) mass is 290 g/mol. The highest BCUT2D eigenvalue weighted by Gasteiger charge is 2.31. The molecule has 1 atom stereocenters. The molecule has 1 aliphatic carbocycles. The lowest BCUT2D eigenvalue weighted by molar-refractivity contribution is 0.262. The first kappa shape index (κ1) is 14.6. The van der Waals surface area contributed by atoms with E-state index in [1.165, 1.54) is 25.7 Å². The first-order valence-electron chi connectivity index (χ1n) is 8.18. The van der Waals surface area contributed by atoms with Crippen LogP contribution < -0.4 is 10.2 Å². The Bertz CT molecular complexity index is 499. The number of piperidine rings is 1. The van der Waals surface area contributed by atoms with Crippen molar-refractivity contribution in [2.45, 2.75) is 57.4 Å². The summed E-state index contributed by atoms with van der Waals surface area (Å²) in [6.45, 7) is 3.39. The molecule has 0 spiro atoms. The Morgan fingerprint density at radius 1 is 1.24 bits per heavy atom. The van der Waals surface area contributed by atoms with Crippen molar-refractivity contribution in [2.24, 2.45) is 0 Å². The van der Waals surface area contributed by atoms with Gasteiger partial charge in [-0.05, 0) is 45.4 Å². The van der Waals surface area contributed by atoms with E-state index in [0.717, 1.165) is 42.4 Å². The van der Waals surface area contributed by atoms with E-state index in [-0.39, 0.29) is 6.61 Å². The SMILES string of the molecule is CNc1nc(C2CC2)nc(N2CCCCC2CCO)c1C. The molecular formula is C16H26N4O. The Balaban J connectivity index is 1.96. The number of aliphatic hydroxyl groups is 1. The molecule has 5 heteroatoms. The minimum atomic E-state index is 0.250. The molecule has 1 unspecified atom stereocenters. The van der Waals surface area contributed by atoms with E-state index in [1.54, 1.807) is 0 Å². The van der Waals surface area contributed by atoms with Crippen molar-refractivity contribution < 1.29 is 5.11 Å². The lowest BCUT2D eigenvalue weighted by atomic mass is 9.99. The molecule has 2 fully saturated rings. The highest BCUT2D eigenvalue weighted by Crippen LogP contribution is 2.40. The molecule has 2 N–H and O–H groups in total. The molecule has 5 nitrogen and oxygen atoms in total. The first-order valence-corrected chi connectivity index (χ1v) is 8.18. The van der Waals surface area contributed by atoms with Gasteiger partial charge in [-0.3, -0.25) is 0 Å². The van der Waals surface area contributed by atoms with E-state index < -0.39 is 0 Å². The van der Waals surface area contributed by atoms with Crippen LogP contribution in [0.4, 0.5) is 11.6 Å². The molecule has 0 radical (unpaired) electrons. The molecule has 1 aromatic rings. The van der Waals surface area contributed by atoms with Crippen molar-refractivity contribution >= 4 is 11.6 Å². The third-order valence-electron chi connectivity index (χ3n) is 4.68. The van der Waals surface area contributed by atoms with E-state index in [0.29, 0.717) is 12.0 Å². The molecule has 1 aliphatic heterocycles. The summed E-state index contributed by atoms with van der Waals surface area (Å²) >= 11 is 0. The molecule has 2 aliphatic rings. The van der Waals surface area contributed by atoms with Gasteiger partial charge in [-0.1, -0.05) is 0 Å². The van der Waals surface area contributed by atoms with Crippen LogP contribution in [0.15, 0.2) is 0 Å². The lowest BCUT2D eigenvalue weighted by Crippen LogP contribution is -2.41. The zero-order valence-electron chi connectivity index (χ0n) is 13.1. The van der Waals surface area contributed by atoms with Gasteiger partial charge < -0.3 is 15.3 Å². The van der Waals surface area contributed by atoms with Crippen LogP contribution in [0.3, 0.4) is 0 Å². The number of rotatable bonds is 5. The zero-order chi connectivity index (χ0) is 14.8. The Hall–Kier alpha value is -1.36. The summed E-state index contributed by atoms with van der Waals surface area (Å²) in [4.78, 5) is 12.0. The van der Waals surface area contributed by atoms with Crippen LogP contribution in [-0.4, -0.2) is 41.3 Å². The standard InChI is InChI=1S/C16H26N4O/c1-11-14(17-2)18-15(12-6-7-12)19-16(11)20-9-4-3-5-13(20)8-10-21/h12-13,21H,3-10H2,1-2H3,(H,17,18,19). The van der Waals surface area contributed by atoms with Gasteiger partial charge in [0.2, 0.25) is 0 Å². The van der Waals surface area contributed by atoms with Crippen LogP contribution in [0.25, 0.3) is 0 Å². The van der Waals surface area contributed by atoms with E-state index in [9.17, 15) is 5.11 Å². The van der Waals surface area contributed by atoms with Gasteiger partial charge >= 0.3 is 0 Å². The topological polar surface area (TPSA) is 61.3 Å². The number of nitrogens with one attached hydrogen (secondary N) is 1. The molecule has 1 saturated carbocycles. The molecule has 21 heavy (non-hydrogen) atoms. The van der Waals surface area contributed by atoms with Gasteiger partial charge in [-0.25, -0.2) is 9.97 Å². The van der Waals surface area contributed by atoms with Gasteiger partial charge in [-0.2, -0.15) is 0 Å². The minimum Gasteiger partial charge on any atom is -0.396 e. The summed E-state index contributed by atoms with van der Waals surface area (Å²) < 4.78 is 0. The second-order valence-electron chi connectivity index (χ2n) is 6.26. The van der Waals surface area contributed by atoms with Gasteiger partial charge in [-0.15, -0.1) is 0 Å². The van der Waals surface area contributed by atoms with Crippen LogP contribution in [0, 0.1) is 6.92 Å². The maximum Gasteiger partial charge on any atom is 0.137 e. The highest BCUT2D eigenvalue weighted by molar-refractivity contribution is 5.59. The van der Waals surface area contributed by atoms with E-state index in [1.807, 2.05) is 7.05 Å². The van der Waals surface area contributed by atoms with Gasteiger partial charge in [0.05, 0.1) is 0 Å². The number of hydrogen-bond acceptors (Lipinski definition) is 5. The fraction of sp³-hybridized carbons (Fsp3) is 0.750. The minimum absolute atomic E-state index is 0.250. The average molecular weight is 290 g/mol. The smallest absolute Gasteiger partial charge is 0.137 e. The Kier molecular flexibility index (Phi) is 4.29. The van der Waals surface area contributed by atoms with Gasteiger partial charge in [0, 0.05) is 37.7 Å². The Labute approximate surface area is 126 Å². The fourth-order valence-corrected chi connectivity index (χ4v) is 3.30. The van der Waals surface area contributed by atoms with Crippen LogP contribution in [0.5, 0.6) is 0 Å². The molecule has 1 aromatic heterocycles. The molecule has 0 bridgehead atoms. The van der Waals surface area contributed by atoms with Crippen molar-refractivity contribution in [1.29, 1.82) is 0 Å². The second-order valence-corrected chi connectivity index (χ2v) is 6.26. The highest BCUT2D eigenvalue weighted by atomic mass is 16.3. The summed E-state index contributed by atoms with van der Waals surface area (Å²) in [6, 6.07) is 0.411. The van der Waals surface area contributed by atoms with Crippen molar-refractivity contribution in [3.8, 4) is 0 Å². The predicted octanol–water partition coefficient (Wildman–Crippen LogP) is 2.45. The normalized spacial score (nSPS) is 22.4. The lowest BCUT2D eigenvalue weighted by Gasteiger charge is -2.37. The largest absolute Gasteiger partial charge is 0.396 e. The average Bonchev–Trinajstić information content (AvgIpc) is 3.33. The summed E-state index contributed by atoms with van der Waals surface area (Å²) in [6.07, 6.45) is 6.87. The van der Waals surface area contributed by atoms with Gasteiger partial charge in [0.15, 0.2) is 0 Å². The Morgan fingerprint density at radius 3 is 2.71 bits per heavy atom. The number of aromatic nitrogens is 2. The van der Waals surface area contributed by atoms with Crippen molar-refractivity contribution in [2.75, 3.05) is 30.4 Å². The van der Waals surface area contributed by atoms with Gasteiger partial charge in [0.1, 0.15) is 17.5 Å². The third kappa shape index (κ3) is 2.98. The maximum atomic E-state index is 9.33.